The van der Waals surface area contributed by atoms with Crippen molar-refractivity contribution >= 4 is 51.7 Å². The Morgan fingerprint density at radius 1 is 0.831 bits per heavy atom. The molecule has 1 N–H and O–H groups in total. The van der Waals surface area contributed by atoms with E-state index in [9.17, 15) is 34.9 Å². The first-order valence-electron chi connectivity index (χ1n) is 18.8. The number of benzene rings is 4. The lowest BCUT2D eigenvalue weighted by atomic mass is 9.44. The van der Waals surface area contributed by atoms with Crippen LogP contribution in [0.3, 0.4) is 0 Å². The van der Waals surface area contributed by atoms with Crippen LogP contribution < -0.4 is 19.3 Å². The fourth-order valence-corrected chi connectivity index (χ4v) is 10.1. The number of anilines is 2. The highest BCUT2D eigenvalue weighted by Gasteiger charge is 2.67. The number of ketones is 2. The van der Waals surface area contributed by atoms with Crippen LogP contribution in [-0.4, -0.2) is 66.6 Å². The smallest absolute Gasteiger partial charge is 0.301 e. The molecule has 59 heavy (non-hydrogen) atoms. The van der Waals surface area contributed by atoms with Crippen LogP contribution in [0.5, 0.6) is 17.2 Å². The molecule has 1 saturated carbocycles. The Bertz CT molecular complexity index is 2520. The number of amides is 2. The van der Waals surface area contributed by atoms with Gasteiger partial charge in [-0.2, -0.15) is 0 Å². The van der Waals surface area contributed by atoms with Crippen molar-refractivity contribution in [3.8, 4) is 17.2 Å². The summed E-state index contributed by atoms with van der Waals surface area (Å²) in [6.45, 7) is 0. The molecule has 6 atom stereocenters. The Labute approximate surface area is 337 Å². The average Bonchev–Trinajstić information content (AvgIpc) is 3.49. The molecular formula is C44H38N4O11. The molecule has 4 aliphatic rings. The molecule has 15 nitrogen and oxygen atoms in total. The molecule has 0 radical (unpaired) electrons. The maximum atomic E-state index is 15.4. The quantitative estimate of drug-likeness (QED) is 0.0857. The van der Waals surface area contributed by atoms with Crippen molar-refractivity contribution in [2.24, 2.45) is 23.7 Å². The Balaban J connectivity index is 1.37. The van der Waals surface area contributed by atoms with Gasteiger partial charge in [0.05, 0.1) is 47.0 Å². The third-order valence-electron chi connectivity index (χ3n) is 12.4. The number of carbonyl (C=O) groups is 4. The second-order valence-electron chi connectivity index (χ2n) is 15.3. The number of allylic oxidation sites excluding steroid dienone is 4. The van der Waals surface area contributed by atoms with E-state index in [1.165, 1.54) is 45.4 Å². The van der Waals surface area contributed by atoms with Gasteiger partial charge in [-0.25, -0.2) is 4.90 Å². The monoisotopic (exact) mass is 798 g/mol. The molecule has 0 unspecified atom stereocenters. The topological polar surface area (TPSA) is 200 Å². The van der Waals surface area contributed by atoms with Crippen LogP contribution >= 0.6 is 0 Å². The Hall–Kier alpha value is -7.16. The van der Waals surface area contributed by atoms with Crippen molar-refractivity contribution in [3.05, 3.63) is 140 Å². The second kappa shape index (κ2) is 14.3. The van der Waals surface area contributed by atoms with E-state index in [-0.39, 0.29) is 58.4 Å². The highest BCUT2D eigenvalue weighted by molar-refractivity contribution is 6.32. The van der Waals surface area contributed by atoms with Crippen LogP contribution in [0.15, 0.2) is 103 Å². The fraction of sp³-hybridized carbons (Fsp3) is 0.273. The number of aromatic hydroxyl groups is 1. The molecule has 0 spiro atoms. The molecule has 3 aliphatic carbocycles. The SMILES string of the molecule is COc1cc(O)c([C@H]2C3=CC[C@@H]4C(=O)N(c5cc([N+](=O)[O-])c(N(C)C)c([N+](=O)[O-])c5)C(=O)[C@@H]4[C@@H]3C[C@H]3C(=O)C(c4ccccc4)=CC(=O)[C@@]23c2ccccc2)c(OC)c1. The zero-order chi connectivity index (χ0) is 42.1. The molecule has 15 heteroatoms. The standard InChI is InChI=1S/C44H38N4O11/c1-45(2)40-32(47(54)55)17-25(18-33(40)48(56)57)46-42(52)28-16-15-27-30(37(28)43(46)53)21-31-41(51)29(23-11-7-5-8-12-23)22-36(50)44(31,24-13-9-6-10-14-24)39(27)38-34(49)19-26(58-3)20-35(38)59-4/h5-15,17-20,22,28,30-31,37,39,49H,16,21H2,1-4H3/t28-,30+,31-,37-,39+,44-/m0/s1. The minimum atomic E-state index is -1.68. The maximum Gasteiger partial charge on any atom is 0.301 e. The lowest BCUT2D eigenvalue weighted by molar-refractivity contribution is -0.392. The number of carbonyl (C=O) groups excluding carboxylic acids is 4. The minimum absolute atomic E-state index is 0.0178. The van der Waals surface area contributed by atoms with Crippen molar-refractivity contribution in [2.75, 3.05) is 38.1 Å². The highest BCUT2D eigenvalue weighted by atomic mass is 16.6. The maximum absolute atomic E-state index is 15.4. The van der Waals surface area contributed by atoms with Gasteiger partial charge in [0.1, 0.15) is 17.2 Å². The Morgan fingerprint density at radius 3 is 2.03 bits per heavy atom. The molecule has 2 amide bonds. The van der Waals surface area contributed by atoms with Crippen LogP contribution in [0.4, 0.5) is 22.7 Å². The molecule has 1 saturated heterocycles. The van der Waals surface area contributed by atoms with Crippen LogP contribution in [0.2, 0.25) is 0 Å². The lowest BCUT2D eigenvalue weighted by Gasteiger charge is -2.55. The molecule has 0 bridgehead atoms. The number of hydrogen-bond donors (Lipinski definition) is 1. The van der Waals surface area contributed by atoms with Crippen LogP contribution in [0.25, 0.3) is 5.57 Å². The summed E-state index contributed by atoms with van der Waals surface area (Å²) in [7, 11) is 5.63. The number of nitro groups is 2. The second-order valence-corrected chi connectivity index (χ2v) is 15.3. The number of nitrogens with zero attached hydrogens (tertiary/aromatic N) is 4. The van der Waals surface area contributed by atoms with E-state index in [0.29, 0.717) is 16.7 Å². The van der Waals surface area contributed by atoms with Crippen LogP contribution in [0, 0.1) is 43.9 Å². The normalized spacial score (nSPS) is 24.7. The summed E-state index contributed by atoms with van der Waals surface area (Å²) < 4.78 is 11.3. The molecule has 4 aromatic carbocycles. The number of phenols is 1. The molecule has 2 fully saturated rings. The predicted octanol–water partition coefficient (Wildman–Crippen LogP) is 6.32. The summed E-state index contributed by atoms with van der Waals surface area (Å²) in [6.07, 6.45) is 3.05. The first-order valence-corrected chi connectivity index (χ1v) is 18.8. The van der Waals surface area contributed by atoms with Crippen molar-refractivity contribution in [2.45, 2.75) is 24.2 Å². The van der Waals surface area contributed by atoms with Gasteiger partial charge in [0.25, 0.3) is 0 Å². The van der Waals surface area contributed by atoms with Crippen molar-refractivity contribution < 1.29 is 43.6 Å². The third kappa shape index (κ3) is 5.70. The van der Waals surface area contributed by atoms with Crippen molar-refractivity contribution in [3.63, 3.8) is 0 Å². The van der Waals surface area contributed by atoms with Crippen molar-refractivity contribution in [1.82, 2.24) is 0 Å². The number of imide groups is 1. The van der Waals surface area contributed by atoms with Crippen molar-refractivity contribution in [1.29, 1.82) is 0 Å². The number of nitro benzene ring substituents is 2. The molecule has 4 aromatic rings. The van der Waals surface area contributed by atoms with Gasteiger partial charge in [-0.3, -0.25) is 39.4 Å². The first kappa shape index (κ1) is 38.7. The number of methoxy groups -OCH3 is 2. The van der Waals surface area contributed by atoms with Gasteiger partial charge in [-0.05, 0) is 36.0 Å². The number of Topliss-reactive ketones (excluding diaryl/α,β-unsaturated/α-hetero) is 1. The van der Waals surface area contributed by atoms with E-state index in [4.69, 9.17) is 9.47 Å². The average molecular weight is 799 g/mol. The van der Waals surface area contributed by atoms with E-state index in [1.807, 2.05) is 0 Å². The highest BCUT2D eigenvalue weighted by Crippen LogP contribution is 2.66. The van der Waals surface area contributed by atoms with E-state index in [2.05, 4.69) is 0 Å². The summed E-state index contributed by atoms with van der Waals surface area (Å²) in [5.41, 5.74) is -1.80. The van der Waals surface area contributed by atoms with Gasteiger partial charge in [0.15, 0.2) is 17.3 Å². The number of rotatable bonds is 9. The van der Waals surface area contributed by atoms with Gasteiger partial charge in [-0.15, -0.1) is 0 Å². The third-order valence-corrected chi connectivity index (χ3v) is 12.4. The molecule has 0 aromatic heterocycles. The number of ether oxygens (including phenoxy) is 2. The van der Waals surface area contributed by atoms with E-state index in [0.717, 1.165) is 17.0 Å². The molecule has 300 valence electrons. The summed E-state index contributed by atoms with van der Waals surface area (Å²) in [4.78, 5) is 84.9. The largest absolute Gasteiger partial charge is 0.507 e. The fourth-order valence-electron chi connectivity index (χ4n) is 10.1. The predicted molar refractivity (Wildman–Crippen MR) is 214 cm³/mol. The van der Waals surface area contributed by atoms with E-state index in [1.54, 1.807) is 72.8 Å². The minimum Gasteiger partial charge on any atom is -0.507 e. The number of fused-ring (bicyclic) bond motifs is 4. The molecular weight excluding hydrogens is 761 g/mol. The van der Waals surface area contributed by atoms with Crippen LogP contribution in [-0.2, 0) is 24.6 Å². The molecule has 8 rings (SSSR count). The lowest BCUT2D eigenvalue weighted by Crippen LogP contribution is -2.58. The number of phenolic OH excluding ortho intramolecular Hbond substituents is 1. The molecule has 1 aliphatic heterocycles. The summed E-state index contributed by atoms with van der Waals surface area (Å²) in [6, 6.07) is 22.4. The summed E-state index contributed by atoms with van der Waals surface area (Å²) in [5.74, 6) is -7.47. The van der Waals surface area contributed by atoms with E-state index < -0.39 is 73.8 Å². The Morgan fingerprint density at radius 2 is 1.46 bits per heavy atom. The number of hydrogen-bond acceptors (Lipinski definition) is 12. The summed E-state index contributed by atoms with van der Waals surface area (Å²) >= 11 is 0. The first-order chi connectivity index (χ1) is 28.3. The molecule has 1 heterocycles. The van der Waals surface area contributed by atoms with Gasteiger partial charge in [0.2, 0.25) is 11.8 Å². The zero-order valence-corrected chi connectivity index (χ0v) is 32.4. The van der Waals surface area contributed by atoms with Gasteiger partial charge in [-0.1, -0.05) is 72.3 Å². The summed E-state index contributed by atoms with van der Waals surface area (Å²) in [5, 5.41) is 36.5. The van der Waals surface area contributed by atoms with Gasteiger partial charge in [0, 0.05) is 61.3 Å². The van der Waals surface area contributed by atoms with Gasteiger partial charge >= 0.3 is 11.4 Å². The zero-order valence-electron chi connectivity index (χ0n) is 32.4. The Kier molecular flexibility index (Phi) is 9.41. The van der Waals surface area contributed by atoms with E-state index >= 15 is 9.59 Å². The van der Waals surface area contributed by atoms with Gasteiger partial charge < -0.3 is 19.5 Å². The van der Waals surface area contributed by atoms with Crippen LogP contribution in [0.1, 0.15) is 35.4 Å².